The third-order valence-electron chi connectivity index (χ3n) is 7.53. The second-order valence-corrected chi connectivity index (χ2v) is 9.39. The van der Waals surface area contributed by atoms with Gasteiger partial charge in [0.05, 0.1) is 35.5 Å². The number of nitrogens with one attached hydrogen (secondary N) is 1. The van der Waals surface area contributed by atoms with Crippen molar-refractivity contribution in [1.82, 2.24) is 24.7 Å². The van der Waals surface area contributed by atoms with Gasteiger partial charge in [0, 0.05) is 68.0 Å². The van der Waals surface area contributed by atoms with Crippen molar-refractivity contribution in [1.29, 1.82) is 5.26 Å². The SMILES string of the molecule is COC[C@]1(C#N)C[C@@H](N2C3CCC2CN(c2ccnn4cc(-c5cn[nH]c5)cc24)C3)C1. The second-order valence-electron chi connectivity index (χ2n) is 9.39. The van der Waals surface area contributed by atoms with Gasteiger partial charge in [0.15, 0.2) is 0 Å². The van der Waals surface area contributed by atoms with E-state index < -0.39 is 0 Å². The Morgan fingerprint density at radius 3 is 2.71 bits per heavy atom. The van der Waals surface area contributed by atoms with Crippen molar-refractivity contribution in [2.75, 3.05) is 31.7 Å². The molecule has 1 saturated carbocycles. The minimum absolute atomic E-state index is 0.275. The number of rotatable bonds is 5. The summed E-state index contributed by atoms with van der Waals surface area (Å²) in [7, 11) is 1.70. The van der Waals surface area contributed by atoms with Crippen molar-refractivity contribution in [2.24, 2.45) is 5.41 Å². The van der Waals surface area contributed by atoms with Crippen LogP contribution in [0.25, 0.3) is 16.6 Å². The number of nitriles is 1. The molecule has 0 spiro atoms. The van der Waals surface area contributed by atoms with Crippen LogP contribution in [0.15, 0.2) is 36.9 Å². The molecule has 1 aliphatic carbocycles. The Morgan fingerprint density at radius 2 is 2.03 bits per heavy atom. The molecule has 2 unspecified atom stereocenters. The highest BCUT2D eigenvalue weighted by atomic mass is 16.5. The van der Waals surface area contributed by atoms with E-state index in [1.807, 2.05) is 23.1 Å². The summed E-state index contributed by atoms with van der Waals surface area (Å²) < 4.78 is 7.30. The van der Waals surface area contributed by atoms with Crippen LogP contribution in [0.3, 0.4) is 0 Å². The number of fused-ring (bicyclic) bond motifs is 3. The molecule has 0 amide bonds. The zero-order valence-electron chi connectivity index (χ0n) is 17.7. The second kappa shape index (κ2) is 7.08. The molecule has 31 heavy (non-hydrogen) atoms. The molecule has 8 nitrogen and oxygen atoms in total. The lowest BCUT2D eigenvalue weighted by Crippen LogP contribution is -2.62. The predicted octanol–water partition coefficient (Wildman–Crippen LogP) is 2.70. The molecule has 0 radical (unpaired) electrons. The predicted molar refractivity (Wildman–Crippen MR) is 117 cm³/mol. The maximum Gasteiger partial charge on any atom is 0.0886 e. The van der Waals surface area contributed by atoms with Crippen molar-refractivity contribution in [2.45, 2.75) is 43.8 Å². The van der Waals surface area contributed by atoms with Gasteiger partial charge in [0.2, 0.25) is 0 Å². The van der Waals surface area contributed by atoms with Gasteiger partial charge in [-0.3, -0.25) is 10.00 Å². The molecule has 2 bridgehead atoms. The monoisotopic (exact) mass is 417 g/mol. The number of hydrogen-bond acceptors (Lipinski definition) is 6. The Hall–Kier alpha value is -2.89. The van der Waals surface area contributed by atoms with Crippen LogP contribution in [-0.2, 0) is 4.74 Å². The van der Waals surface area contributed by atoms with Crippen LogP contribution in [0.4, 0.5) is 5.69 Å². The first kappa shape index (κ1) is 18.8. The van der Waals surface area contributed by atoms with Crippen LogP contribution >= 0.6 is 0 Å². The van der Waals surface area contributed by atoms with Gasteiger partial charge in [0.1, 0.15) is 0 Å². The summed E-state index contributed by atoms with van der Waals surface area (Å²) in [6.07, 6.45) is 12.1. The van der Waals surface area contributed by atoms with Gasteiger partial charge in [-0.1, -0.05) is 0 Å². The van der Waals surface area contributed by atoms with E-state index in [0.717, 1.165) is 42.6 Å². The van der Waals surface area contributed by atoms with E-state index >= 15 is 0 Å². The zero-order chi connectivity index (χ0) is 21.0. The van der Waals surface area contributed by atoms with Crippen molar-refractivity contribution < 1.29 is 4.74 Å². The largest absolute Gasteiger partial charge is 0.383 e. The number of anilines is 1. The first-order chi connectivity index (χ1) is 15.2. The van der Waals surface area contributed by atoms with E-state index in [0.29, 0.717) is 24.7 Å². The third kappa shape index (κ3) is 2.95. The molecule has 160 valence electrons. The molecule has 2 atom stereocenters. The highest BCUT2D eigenvalue weighted by molar-refractivity contribution is 5.79. The maximum absolute atomic E-state index is 9.62. The molecule has 3 aromatic rings. The molecule has 2 saturated heterocycles. The van der Waals surface area contributed by atoms with Crippen molar-refractivity contribution >= 4 is 11.2 Å². The number of H-pyrrole nitrogens is 1. The lowest BCUT2D eigenvalue weighted by atomic mass is 9.66. The third-order valence-corrected chi connectivity index (χ3v) is 7.53. The van der Waals surface area contributed by atoms with E-state index in [2.05, 4.69) is 49.5 Å². The highest BCUT2D eigenvalue weighted by Gasteiger charge is 2.53. The number of ether oxygens (including phenoxy) is 1. The topological polar surface area (TPSA) is 85.5 Å². The van der Waals surface area contributed by atoms with Crippen molar-refractivity contribution in [3.63, 3.8) is 0 Å². The minimum Gasteiger partial charge on any atom is -0.383 e. The van der Waals surface area contributed by atoms with Crippen molar-refractivity contribution in [3.05, 3.63) is 36.9 Å². The van der Waals surface area contributed by atoms with Crippen LogP contribution < -0.4 is 4.90 Å². The van der Waals surface area contributed by atoms with Gasteiger partial charge in [0.25, 0.3) is 0 Å². The first-order valence-electron chi connectivity index (χ1n) is 11.1. The molecule has 0 aromatic carbocycles. The number of aromatic amines is 1. The summed E-state index contributed by atoms with van der Waals surface area (Å²) in [6.45, 7) is 2.61. The van der Waals surface area contributed by atoms with Gasteiger partial charge < -0.3 is 9.64 Å². The lowest BCUT2D eigenvalue weighted by Gasteiger charge is -2.53. The Labute approximate surface area is 181 Å². The van der Waals surface area contributed by atoms with E-state index in [1.165, 1.54) is 18.5 Å². The van der Waals surface area contributed by atoms with Gasteiger partial charge in [-0.15, -0.1) is 0 Å². The summed E-state index contributed by atoms with van der Waals surface area (Å²) in [5, 5.41) is 21.1. The number of hydrogen-bond donors (Lipinski definition) is 1. The molecule has 8 heteroatoms. The molecule has 3 aliphatic rings. The first-order valence-corrected chi connectivity index (χ1v) is 11.1. The molecule has 1 N–H and O–H groups in total. The molecule has 3 aromatic heterocycles. The summed E-state index contributed by atoms with van der Waals surface area (Å²) in [6, 6.07) is 8.51. The fraction of sp³-hybridized carbons (Fsp3) is 0.522. The Morgan fingerprint density at radius 1 is 1.23 bits per heavy atom. The summed E-state index contributed by atoms with van der Waals surface area (Å²) in [5.41, 5.74) is 4.31. The standard InChI is InChI=1S/C23H27N7O/c1-31-15-23(14-24)7-20(8-23)30-18-2-3-19(30)13-28(12-18)21-4-5-27-29-11-16(6-22(21)29)17-9-25-26-10-17/h4-6,9-11,18-20H,2-3,7-8,12-13,15H2,1H3,(H,25,26)/t18?,19?,20-,23-. The van der Waals surface area contributed by atoms with E-state index in [4.69, 9.17) is 4.74 Å². The Kier molecular flexibility index (Phi) is 4.30. The van der Waals surface area contributed by atoms with E-state index in [-0.39, 0.29) is 5.41 Å². The quantitative estimate of drug-likeness (QED) is 0.687. The van der Waals surface area contributed by atoms with Crippen LogP contribution in [0.2, 0.25) is 0 Å². The molecular formula is C23H27N7O. The highest BCUT2D eigenvalue weighted by Crippen LogP contribution is 2.48. The molecule has 6 rings (SSSR count). The summed E-state index contributed by atoms with van der Waals surface area (Å²) in [5.74, 6) is 0. The molecular weight excluding hydrogens is 390 g/mol. The normalized spacial score (nSPS) is 30.5. The van der Waals surface area contributed by atoms with Gasteiger partial charge in [-0.05, 0) is 37.8 Å². The van der Waals surface area contributed by atoms with Crippen LogP contribution in [0.5, 0.6) is 0 Å². The smallest absolute Gasteiger partial charge is 0.0886 e. The number of piperazine rings is 1. The molecule has 5 heterocycles. The van der Waals surface area contributed by atoms with Crippen LogP contribution in [-0.4, -0.2) is 69.6 Å². The van der Waals surface area contributed by atoms with E-state index in [9.17, 15) is 5.26 Å². The summed E-state index contributed by atoms with van der Waals surface area (Å²) in [4.78, 5) is 5.27. The lowest BCUT2D eigenvalue weighted by molar-refractivity contribution is -0.0365. The van der Waals surface area contributed by atoms with Gasteiger partial charge >= 0.3 is 0 Å². The molecule has 2 aliphatic heterocycles. The van der Waals surface area contributed by atoms with Gasteiger partial charge in [-0.2, -0.15) is 15.5 Å². The average molecular weight is 418 g/mol. The Bertz CT molecular complexity index is 1110. The fourth-order valence-corrected chi connectivity index (χ4v) is 6.13. The summed E-state index contributed by atoms with van der Waals surface area (Å²) >= 11 is 0. The fourth-order valence-electron chi connectivity index (χ4n) is 6.13. The number of aromatic nitrogens is 4. The maximum atomic E-state index is 9.62. The van der Waals surface area contributed by atoms with Crippen LogP contribution in [0, 0.1) is 16.7 Å². The number of nitrogens with zero attached hydrogens (tertiary/aromatic N) is 6. The zero-order valence-corrected chi connectivity index (χ0v) is 17.7. The van der Waals surface area contributed by atoms with Crippen molar-refractivity contribution in [3.8, 4) is 17.2 Å². The van der Waals surface area contributed by atoms with Gasteiger partial charge in [-0.25, -0.2) is 4.52 Å². The Balaban J connectivity index is 1.23. The number of methoxy groups -OCH3 is 1. The molecule has 3 fully saturated rings. The van der Waals surface area contributed by atoms with Crippen LogP contribution in [0.1, 0.15) is 25.7 Å². The van der Waals surface area contributed by atoms with E-state index in [1.54, 1.807) is 7.11 Å². The minimum atomic E-state index is -0.275. The average Bonchev–Trinajstić information content (AvgIpc) is 3.48.